The fraction of sp³-hybridized carbons (Fsp3) is 0.286. The smallest absolute Gasteiger partial charge is 0.265 e. The second-order valence-electron chi connectivity index (χ2n) is 7.09. The van der Waals surface area contributed by atoms with E-state index in [1.807, 2.05) is 18.2 Å². The highest BCUT2D eigenvalue weighted by molar-refractivity contribution is 6.15. The minimum absolute atomic E-state index is 0.158. The van der Waals surface area contributed by atoms with Crippen LogP contribution in [-0.4, -0.2) is 29.9 Å². The maximum atomic E-state index is 13.2. The first-order valence-electron chi connectivity index (χ1n) is 9.28. The summed E-state index contributed by atoms with van der Waals surface area (Å²) in [6.45, 7) is -0.298. The highest BCUT2D eigenvalue weighted by Gasteiger charge is 2.52. The Morgan fingerprint density at radius 1 is 1.07 bits per heavy atom. The van der Waals surface area contributed by atoms with Crippen molar-refractivity contribution in [3.63, 3.8) is 0 Å². The van der Waals surface area contributed by atoms with Gasteiger partial charge in [-0.05, 0) is 37.1 Å². The van der Waals surface area contributed by atoms with Crippen LogP contribution in [0.25, 0.3) is 0 Å². The first-order valence-corrected chi connectivity index (χ1v) is 9.28. The number of hydrogen-bond donors (Lipinski definition) is 2. The summed E-state index contributed by atoms with van der Waals surface area (Å²) in [5.41, 5.74) is 5.97. The van der Waals surface area contributed by atoms with Gasteiger partial charge in [-0.2, -0.15) is 0 Å². The average molecular weight is 379 g/mol. The summed E-state index contributed by atoms with van der Waals surface area (Å²) in [6, 6.07) is 13.8. The Kier molecular flexibility index (Phi) is 4.50. The molecule has 0 atom stereocenters. The highest BCUT2D eigenvalue weighted by atomic mass is 16.5. The molecule has 0 aromatic heterocycles. The molecule has 28 heavy (non-hydrogen) atoms. The van der Waals surface area contributed by atoms with Crippen LogP contribution < -0.4 is 20.7 Å². The first kappa shape index (κ1) is 18.0. The van der Waals surface area contributed by atoms with Gasteiger partial charge in [0.25, 0.3) is 17.7 Å². The summed E-state index contributed by atoms with van der Waals surface area (Å²) in [7, 11) is 0. The van der Waals surface area contributed by atoms with Crippen LogP contribution in [0, 0.1) is 0 Å². The molecule has 0 unspecified atom stereocenters. The number of carbonyl (C=O) groups excluding carboxylic acids is 3. The van der Waals surface area contributed by atoms with Crippen molar-refractivity contribution >= 4 is 29.1 Å². The molecule has 144 valence electrons. The van der Waals surface area contributed by atoms with E-state index < -0.39 is 11.4 Å². The topological polar surface area (TPSA) is 102 Å². The van der Waals surface area contributed by atoms with Gasteiger partial charge < -0.3 is 15.8 Å². The summed E-state index contributed by atoms with van der Waals surface area (Å²) in [6.07, 6.45) is 2.98. The minimum atomic E-state index is -0.891. The number of hydrogen-bond acceptors (Lipinski definition) is 4. The predicted molar refractivity (Wildman–Crippen MR) is 104 cm³/mol. The lowest BCUT2D eigenvalue weighted by molar-refractivity contribution is -0.128. The van der Waals surface area contributed by atoms with Crippen LogP contribution in [0.2, 0.25) is 0 Å². The van der Waals surface area contributed by atoms with Crippen molar-refractivity contribution in [2.45, 2.75) is 31.2 Å². The first-order chi connectivity index (χ1) is 13.5. The maximum Gasteiger partial charge on any atom is 0.265 e. The molecule has 1 spiro atoms. The third-order valence-corrected chi connectivity index (χ3v) is 5.43. The Bertz CT molecular complexity index is 950. The van der Waals surface area contributed by atoms with E-state index in [4.69, 9.17) is 10.5 Å². The van der Waals surface area contributed by atoms with Gasteiger partial charge in [0.15, 0.2) is 6.61 Å². The summed E-state index contributed by atoms with van der Waals surface area (Å²) >= 11 is 0. The lowest BCUT2D eigenvalue weighted by atomic mass is 9.90. The van der Waals surface area contributed by atoms with E-state index in [2.05, 4.69) is 5.32 Å². The lowest BCUT2D eigenvalue weighted by Gasteiger charge is -2.44. The van der Waals surface area contributed by atoms with E-state index in [0.717, 1.165) is 12.8 Å². The Morgan fingerprint density at radius 3 is 2.50 bits per heavy atom. The molecule has 2 aromatic carbocycles. The van der Waals surface area contributed by atoms with Gasteiger partial charge in [-0.25, -0.2) is 0 Å². The molecule has 1 aliphatic carbocycles. The monoisotopic (exact) mass is 379 g/mol. The molecule has 4 rings (SSSR count). The molecule has 7 nitrogen and oxygen atoms in total. The van der Waals surface area contributed by atoms with Crippen molar-refractivity contribution in [1.29, 1.82) is 0 Å². The largest absolute Gasteiger partial charge is 0.483 e. The van der Waals surface area contributed by atoms with E-state index in [-0.39, 0.29) is 29.7 Å². The molecule has 3 amide bonds. The lowest BCUT2D eigenvalue weighted by Crippen LogP contribution is -2.61. The van der Waals surface area contributed by atoms with E-state index in [9.17, 15) is 14.4 Å². The van der Waals surface area contributed by atoms with Gasteiger partial charge in [0, 0.05) is 0 Å². The third-order valence-electron chi connectivity index (χ3n) is 5.43. The summed E-state index contributed by atoms with van der Waals surface area (Å²) in [4.78, 5) is 39.3. The van der Waals surface area contributed by atoms with Gasteiger partial charge in [-0.15, -0.1) is 0 Å². The van der Waals surface area contributed by atoms with Crippen molar-refractivity contribution in [3.8, 4) is 5.75 Å². The second-order valence-corrected chi connectivity index (χ2v) is 7.09. The van der Waals surface area contributed by atoms with Crippen LogP contribution in [0.4, 0.5) is 11.4 Å². The van der Waals surface area contributed by atoms with Gasteiger partial charge in [0.1, 0.15) is 11.3 Å². The summed E-state index contributed by atoms with van der Waals surface area (Å²) in [5.74, 6) is -0.866. The Morgan fingerprint density at radius 2 is 1.75 bits per heavy atom. The van der Waals surface area contributed by atoms with E-state index >= 15 is 0 Å². The molecule has 0 saturated heterocycles. The molecular weight excluding hydrogens is 358 g/mol. The number of fused-ring (bicyclic) bond motifs is 1. The average Bonchev–Trinajstić information content (AvgIpc) is 3.18. The zero-order chi connectivity index (χ0) is 19.7. The van der Waals surface area contributed by atoms with Crippen molar-refractivity contribution < 1.29 is 19.1 Å². The van der Waals surface area contributed by atoms with Crippen molar-refractivity contribution in [2.75, 3.05) is 16.8 Å². The van der Waals surface area contributed by atoms with E-state index in [1.165, 1.54) is 0 Å². The molecular formula is C21H21N3O4. The molecule has 1 saturated carbocycles. The van der Waals surface area contributed by atoms with Crippen LogP contribution >= 0.6 is 0 Å². The fourth-order valence-corrected chi connectivity index (χ4v) is 4.13. The molecule has 0 radical (unpaired) electrons. The molecule has 1 heterocycles. The third kappa shape index (κ3) is 2.89. The number of rotatable bonds is 4. The van der Waals surface area contributed by atoms with E-state index in [1.54, 1.807) is 35.2 Å². The fourth-order valence-electron chi connectivity index (χ4n) is 4.13. The van der Waals surface area contributed by atoms with Crippen LogP contribution in [0.1, 0.15) is 36.0 Å². The Hall–Kier alpha value is -3.35. The standard InChI is InChI=1S/C21H21N3O4/c22-19(26)14-7-1-4-10-17(14)28-13-18(25)24-16-9-3-2-8-15(16)23-20(27)21(24)11-5-6-12-21/h1-4,7-10H,5-6,11-13H2,(H2,22,26)(H,23,27). The molecule has 0 bridgehead atoms. The van der Waals surface area contributed by atoms with Crippen molar-refractivity contribution in [3.05, 3.63) is 54.1 Å². The minimum Gasteiger partial charge on any atom is -0.483 e. The van der Waals surface area contributed by atoms with Crippen molar-refractivity contribution in [2.24, 2.45) is 5.73 Å². The zero-order valence-corrected chi connectivity index (χ0v) is 15.3. The number of nitrogens with one attached hydrogen (secondary N) is 1. The van der Waals surface area contributed by atoms with Crippen LogP contribution in [0.15, 0.2) is 48.5 Å². The SMILES string of the molecule is NC(=O)c1ccccc1OCC(=O)N1c2ccccc2NC(=O)C12CCCC2. The number of nitrogens with two attached hydrogens (primary N) is 1. The van der Waals surface area contributed by atoms with Gasteiger partial charge in [-0.3, -0.25) is 19.3 Å². The summed E-state index contributed by atoms with van der Waals surface area (Å²) < 4.78 is 5.64. The molecule has 1 aliphatic heterocycles. The molecule has 7 heteroatoms. The zero-order valence-electron chi connectivity index (χ0n) is 15.3. The Balaban J connectivity index is 1.65. The molecule has 3 N–H and O–H groups in total. The number of nitrogens with zero attached hydrogens (tertiary/aromatic N) is 1. The predicted octanol–water partition coefficient (Wildman–Crippen LogP) is 2.46. The number of primary amides is 1. The maximum absolute atomic E-state index is 13.2. The van der Waals surface area contributed by atoms with Crippen LogP contribution in [0.5, 0.6) is 5.75 Å². The van der Waals surface area contributed by atoms with Gasteiger partial charge in [0.05, 0.1) is 16.9 Å². The number of para-hydroxylation sites is 3. The molecule has 2 aliphatic rings. The van der Waals surface area contributed by atoms with Crippen molar-refractivity contribution in [1.82, 2.24) is 0 Å². The Labute approximate surface area is 162 Å². The van der Waals surface area contributed by atoms with Gasteiger partial charge in [-0.1, -0.05) is 37.1 Å². The van der Waals surface area contributed by atoms with Crippen LogP contribution in [-0.2, 0) is 9.59 Å². The number of anilines is 2. The summed E-state index contributed by atoms with van der Waals surface area (Å²) in [5, 5.41) is 2.94. The quantitative estimate of drug-likeness (QED) is 0.852. The van der Waals surface area contributed by atoms with Gasteiger partial charge in [0.2, 0.25) is 0 Å². The normalized spacial score (nSPS) is 17.1. The number of carbonyl (C=O) groups is 3. The van der Waals surface area contributed by atoms with E-state index in [0.29, 0.717) is 24.2 Å². The molecule has 2 aromatic rings. The van der Waals surface area contributed by atoms with Crippen LogP contribution in [0.3, 0.4) is 0 Å². The molecule has 1 fully saturated rings. The number of amides is 3. The number of ether oxygens (including phenoxy) is 1. The second kappa shape index (κ2) is 6.99. The van der Waals surface area contributed by atoms with Gasteiger partial charge >= 0.3 is 0 Å². The highest BCUT2D eigenvalue weighted by Crippen LogP contribution is 2.45. The number of benzene rings is 2.